The van der Waals surface area contributed by atoms with Crippen molar-refractivity contribution in [2.75, 3.05) is 0 Å². The predicted molar refractivity (Wildman–Crippen MR) is 81.6 cm³/mol. The molecular weight excluding hydrogens is 266 g/mol. The van der Waals surface area contributed by atoms with Gasteiger partial charge in [0.2, 0.25) is 0 Å². The van der Waals surface area contributed by atoms with Gasteiger partial charge in [0, 0.05) is 0 Å². The Hall–Kier alpha value is -2.66. The Morgan fingerprint density at radius 1 is 1.14 bits per heavy atom. The third-order valence-electron chi connectivity index (χ3n) is 3.32. The fraction of sp³-hybridized carbons (Fsp3) is 0.125. The van der Waals surface area contributed by atoms with Gasteiger partial charge in [0.1, 0.15) is 17.0 Å². The highest BCUT2D eigenvalue weighted by atomic mass is 16.3. The maximum atomic E-state index is 12.8. The van der Waals surface area contributed by atoms with Crippen molar-refractivity contribution in [3.05, 3.63) is 64.7 Å². The first-order valence-corrected chi connectivity index (χ1v) is 6.65. The minimum Gasteiger partial charge on any atom is -0.507 e. The molecule has 0 aliphatic carbocycles. The van der Waals surface area contributed by atoms with Crippen LogP contribution in [0.15, 0.2) is 53.3 Å². The highest BCUT2D eigenvalue weighted by molar-refractivity contribution is 5.84. The number of para-hydroxylation sites is 1. The molecule has 3 rings (SSSR count). The number of nitrogens with two attached hydrogens (primary N) is 1. The fourth-order valence-corrected chi connectivity index (χ4v) is 2.36. The fourth-order valence-electron chi connectivity index (χ4n) is 2.36. The quantitative estimate of drug-likeness (QED) is 0.754. The van der Waals surface area contributed by atoms with E-state index < -0.39 is 6.04 Å². The summed E-state index contributed by atoms with van der Waals surface area (Å²) in [5.74, 6) is 0.384. The van der Waals surface area contributed by atoms with Crippen LogP contribution in [0.2, 0.25) is 0 Å². The van der Waals surface area contributed by atoms with Crippen molar-refractivity contribution in [1.29, 1.82) is 0 Å². The number of hydrogen-bond donors (Lipinski definition) is 2. The summed E-state index contributed by atoms with van der Waals surface area (Å²) in [7, 11) is 0. The molecule has 5 heteroatoms. The van der Waals surface area contributed by atoms with E-state index in [1.807, 2.05) is 18.2 Å². The molecule has 2 aromatic carbocycles. The maximum absolute atomic E-state index is 12.8. The van der Waals surface area contributed by atoms with E-state index >= 15 is 0 Å². The smallest absolute Gasteiger partial charge is 0.269 e. The third kappa shape index (κ3) is 2.17. The second-order valence-corrected chi connectivity index (χ2v) is 4.91. The number of rotatable bonds is 2. The van der Waals surface area contributed by atoms with Crippen LogP contribution in [0, 0.1) is 0 Å². The predicted octanol–water partition coefficient (Wildman–Crippen LogP) is 2.11. The third-order valence-corrected chi connectivity index (χ3v) is 3.32. The number of aromatic hydroxyl groups is 1. The van der Waals surface area contributed by atoms with Crippen LogP contribution < -0.4 is 11.3 Å². The minimum atomic E-state index is -0.412. The summed E-state index contributed by atoms with van der Waals surface area (Å²) < 4.78 is 1.45. The molecule has 3 aromatic rings. The van der Waals surface area contributed by atoms with Gasteiger partial charge in [-0.25, -0.2) is 4.98 Å². The van der Waals surface area contributed by atoms with Gasteiger partial charge >= 0.3 is 0 Å². The first-order chi connectivity index (χ1) is 10.1. The number of aromatic nitrogens is 2. The van der Waals surface area contributed by atoms with Crippen LogP contribution in [0.3, 0.4) is 0 Å². The van der Waals surface area contributed by atoms with Crippen molar-refractivity contribution >= 4 is 10.9 Å². The molecule has 0 radical (unpaired) electrons. The Labute approximate surface area is 121 Å². The summed E-state index contributed by atoms with van der Waals surface area (Å²) >= 11 is 0. The van der Waals surface area contributed by atoms with Crippen molar-refractivity contribution in [3.8, 4) is 11.4 Å². The Morgan fingerprint density at radius 2 is 1.86 bits per heavy atom. The van der Waals surface area contributed by atoms with E-state index in [0.29, 0.717) is 17.0 Å². The topological polar surface area (TPSA) is 81.1 Å². The molecule has 0 aliphatic heterocycles. The lowest BCUT2D eigenvalue weighted by molar-refractivity contribution is 0.480. The number of phenols is 1. The second-order valence-electron chi connectivity index (χ2n) is 4.91. The molecule has 0 aliphatic rings. The molecule has 0 bridgehead atoms. The molecule has 0 fully saturated rings. The monoisotopic (exact) mass is 281 g/mol. The van der Waals surface area contributed by atoms with Gasteiger partial charge in [-0.05, 0) is 31.2 Å². The van der Waals surface area contributed by atoms with Gasteiger partial charge < -0.3 is 10.8 Å². The van der Waals surface area contributed by atoms with Crippen LogP contribution in [0.1, 0.15) is 18.8 Å². The molecule has 1 heterocycles. The van der Waals surface area contributed by atoms with Gasteiger partial charge in [0.15, 0.2) is 0 Å². The molecule has 0 saturated carbocycles. The summed E-state index contributed by atoms with van der Waals surface area (Å²) in [4.78, 5) is 17.2. The van der Waals surface area contributed by atoms with Crippen molar-refractivity contribution < 1.29 is 5.11 Å². The number of hydrogen-bond acceptors (Lipinski definition) is 4. The van der Waals surface area contributed by atoms with Gasteiger partial charge in [-0.1, -0.05) is 24.3 Å². The van der Waals surface area contributed by atoms with E-state index in [9.17, 15) is 9.90 Å². The molecule has 0 unspecified atom stereocenters. The lowest BCUT2D eigenvalue weighted by atomic mass is 10.2. The van der Waals surface area contributed by atoms with Crippen LogP contribution in [0.25, 0.3) is 16.6 Å². The van der Waals surface area contributed by atoms with Gasteiger partial charge in [0.05, 0.1) is 17.2 Å². The number of fused-ring (bicyclic) bond motifs is 1. The summed E-state index contributed by atoms with van der Waals surface area (Å²) in [6.45, 7) is 1.77. The van der Waals surface area contributed by atoms with E-state index in [1.165, 1.54) is 10.6 Å². The van der Waals surface area contributed by atoms with E-state index in [1.54, 1.807) is 31.2 Å². The van der Waals surface area contributed by atoms with Gasteiger partial charge in [-0.2, -0.15) is 0 Å². The highest BCUT2D eigenvalue weighted by Crippen LogP contribution is 2.22. The van der Waals surface area contributed by atoms with E-state index in [0.717, 1.165) is 0 Å². The van der Waals surface area contributed by atoms with Crippen LogP contribution in [0.5, 0.6) is 5.75 Å². The molecule has 5 nitrogen and oxygen atoms in total. The summed E-state index contributed by atoms with van der Waals surface area (Å²) in [6, 6.07) is 13.6. The lowest BCUT2D eigenvalue weighted by Crippen LogP contribution is -2.27. The van der Waals surface area contributed by atoms with Crippen LogP contribution in [-0.4, -0.2) is 14.7 Å². The number of nitrogens with zero attached hydrogens (tertiary/aromatic N) is 2. The Kier molecular flexibility index (Phi) is 3.19. The summed E-state index contributed by atoms with van der Waals surface area (Å²) in [6.07, 6.45) is 0. The van der Waals surface area contributed by atoms with Crippen molar-refractivity contribution in [2.24, 2.45) is 5.73 Å². The Morgan fingerprint density at radius 3 is 2.52 bits per heavy atom. The normalized spacial score (nSPS) is 12.5. The first kappa shape index (κ1) is 13.3. The average Bonchev–Trinajstić information content (AvgIpc) is 2.47. The lowest BCUT2D eigenvalue weighted by Gasteiger charge is -2.16. The van der Waals surface area contributed by atoms with Crippen LogP contribution in [-0.2, 0) is 0 Å². The zero-order valence-electron chi connectivity index (χ0n) is 11.5. The highest BCUT2D eigenvalue weighted by Gasteiger charge is 2.17. The Bertz CT molecular complexity index is 855. The van der Waals surface area contributed by atoms with Gasteiger partial charge in [-0.3, -0.25) is 9.36 Å². The molecule has 0 spiro atoms. The van der Waals surface area contributed by atoms with E-state index in [-0.39, 0.29) is 16.7 Å². The minimum absolute atomic E-state index is 0.0779. The Balaban J connectivity index is 2.47. The molecule has 0 amide bonds. The largest absolute Gasteiger partial charge is 0.507 e. The van der Waals surface area contributed by atoms with Crippen molar-refractivity contribution in [1.82, 2.24) is 9.55 Å². The molecular formula is C16H15N3O2. The summed E-state index contributed by atoms with van der Waals surface area (Å²) in [5, 5.41) is 10.2. The molecule has 21 heavy (non-hydrogen) atoms. The molecule has 106 valence electrons. The van der Waals surface area contributed by atoms with Crippen molar-refractivity contribution in [2.45, 2.75) is 13.0 Å². The van der Waals surface area contributed by atoms with E-state index in [2.05, 4.69) is 4.98 Å². The zero-order valence-corrected chi connectivity index (χ0v) is 11.5. The van der Waals surface area contributed by atoms with Crippen LogP contribution in [0.4, 0.5) is 0 Å². The van der Waals surface area contributed by atoms with E-state index in [4.69, 9.17) is 5.73 Å². The zero-order chi connectivity index (χ0) is 15.0. The van der Waals surface area contributed by atoms with Gasteiger partial charge in [-0.15, -0.1) is 0 Å². The molecule has 0 saturated heterocycles. The van der Waals surface area contributed by atoms with Crippen molar-refractivity contribution in [3.63, 3.8) is 0 Å². The summed E-state index contributed by atoms with van der Waals surface area (Å²) in [5.41, 5.74) is 6.76. The first-order valence-electron chi connectivity index (χ1n) is 6.65. The maximum Gasteiger partial charge on any atom is 0.269 e. The van der Waals surface area contributed by atoms with Crippen LogP contribution >= 0.6 is 0 Å². The molecule has 3 N–H and O–H groups in total. The average molecular weight is 281 g/mol. The SMILES string of the molecule is C[C@H](N)c1nc2cccc(O)c2c(=O)n1-c1ccccc1. The molecule has 1 aromatic heterocycles. The standard InChI is InChI=1S/C16H15N3O2/c1-10(17)15-18-12-8-5-9-13(20)14(12)16(21)19(15)11-6-3-2-4-7-11/h2-10,20H,17H2,1H3/t10-/m0/s1. The van der Waals surface area contributed by atoms with Gasteiger partial charge in [0.25, 0.3) is 5.56 Å². The second kappa shape index (κ2) is 5.03. The number of phenolic OH excluding ortho intramolecular Hbond substituents is 1. The molecule has 1 atom stereocenters. The number of benzene rings is 2.